The summed E-state index contributed by atoms with van der Waals surface area (Å²) in [5.74, 6) is 0.131. The van der Waals surface area contributed by atoms with Crippen molar-refractivity contribution < 1.29 is 4.79 Å². The molecule has 0 fully saturated rings. The molecular weight excluding hydrogens is 296 g/mol. The molecule has 0 heterocycles. The van der Waals surface area contributed by atoms with E-state index in [1.54, 1.807) is 6.07 Å². The van der Waals surface area contributed by atoms with Crippen molar-refractivity contribution in [2.45, 2.75) is 86.6 Å². The van der Waals surface area contributed by atoms with Gasteiger partial charge < -0.3 is 4.90 Å². The van der Waals surface area contributed by atoms with Crippen LogP contribution in [0.2, 0.25) is 0 Å². The first-order valence-corrected chi connectivity index (χ1v) is 9.50. The Bertz CT molecular complexity index is 471. The molecule has 0 aromatic heterocycles. The predicted molar refractivity (Wildman–Crippen MR) is 105 cm³/mol. The first-order chi connectivity index (χ1) is 11.7. The van der Waals surface area contributed by atoms with Crippen LogP contribution in [0.15, 0.2) is 24.3 Å². The highest BCUT2D eigenvalue weighted by Crippen LogP contribution is 2.24. The van der Waals surface area contributed by atoms with Crippen LogP contribution in [-0.2, 0) is 4.79 Å². The molecule has 0 radical (unpaired) electrons. The van der Waals surface area contributed by atoms with Crippen molar-refractivity contribution in [3.8, 4) is 6.07 Å². The van der Waals surface area contributed by atoms with E-state index in [0.29, 0.717) is 12.0 Å². The van der Waals surface area contributed by atoms with Crippen LogP contribution in [0.5, 0.6) is 0 Å². The molecule has 0 saturated carbocycles. The Hall–Kier alpha value is -1.82. The Labute approximate surface area is 149 Å². The monoisotopic (exact) mass is 332 g/mol. The topological polar surface area (TPSA) is 44.1 Å². The summed E-state index contributed by atoms with van der Waals surface area (Å²) in [5, 5.41) is 9.03. The van der Waals surface area contributed by atoms with Gasteiger partial charge in [0, 0.05) is 18.2 Å². The molecule has 24 heavy (non-hydrogen) atoms. The Kier molecular flexibility index (Phi) is 16.3. The van der Waals surface area contributed by atoms with E-state index in [-0.39, 0.29) is 11.9 Å². The van der Waals surface area contributed by atoms with Crippen molar-refractivity contribution in [2.24, 2.45) is 0 Å². The highest BCUT2D eigenvalue weighted by molar-refractivity contribution is 5.93. The molecule has 136 valence electrons. The van der Waals surface area contributed by atoms with E-state index in [2.05, 4.69) is 19.9 Å². The first-order valence-electron chi connectivity index (χ1n) is 9.50. The molecule has 0 bridgehead atoms. The van der Waals surface area contributed by atoms with E-state index >= 15 is 0 Å². The Morgan fingerprint density at radius 3 is 2.04 bits per heavy atom. The van der Waals surface area contributed by atoms with Gasteiger partial charge in [0.15, 0.2) is 0 Å². The summed E-state index contributed by atoms with van der Waals surface area (Å²) in [6.07, 6.45) is 4.58. The van der Waals surface area contributed by atoms with Gasteiger partial charge >= 0.3 is 0 Å². The molecule has 0 aliphatic rings. The van der Waals surface area contributed by atoms with Gasteiger partial charge in [-0.25, -0.2) is 0 Å². The maximum absolute atomic E-state index is 12.3. The Morgan fingerprint density at radius 1 is 1.08 bits per heavy atom. The van der Waals surface area contributed by atoms with Gasteiger partial charge in [0.05, 0.1) is 11.6 Å². The molecule has 0 saturated heterocycles. The third-order valence-corrected chi connectivity index (χ3v) is 3.43. The van der Waals surface area contributed by atoms with Gasteiger partial charge in [-0.15, -0.1) is 0 Å². The van der Waals surface area contributed by atoms with Gasteiger partial charge in [0.25, 0.3) is 0 Å². The lowest BCUT2D eigenvalue weighted by atomic mass is 10.0. The quantitative estimate of drug-likeness (QED) is 0.586. The Balaban J connectivity index is 0. The molecule has 0 atom stereocenters. The van der Waals surface area contributed by atoms with Gasteiger partial charge in [-0.2, -0.15) is 5.26 Å². The lowest BCUT2D eigenvalue weighted by Crippen LogP contribution is -2.40. The van der Waals surface area contributed by atoms with Crippen molar-refractivity contribution in [1.29, 1.82) is 5.26 Å². The number of anilines is 1. The summed E-state index contributed by atoms with van der Waals surface area (Å²) in [7, 11) is 0. The van der Waals surface area contributed by atoms with Gasteiger partial charge in [0.1, 0.15) is 0 Å². The third kappa shape index (κ3) is 8.15. The maximum Gasteiger partial charge on any atom is 0.226 e. The SMILES string of the molecule is CC.CC.CCCC(CCC)N(C(=O)CC)c1cccc(C#N)c1. The first kappa shape index (κ1) is 24.4. The number of carbonyl (C=O) groups excluding carboxylic acids is 1. The molecule has 0 spiro atoms. The average Bonchev–Trinajstić information content (AvgIpc) is 2.65. The molecule has 0 N–H and O–H groups in total. The molecule has 1 rings (SSSR count). The summed E-state index contributed by atoms with van der Waals surface area (Å²) in [6.45, 7) is 14.2. The summed E-state index contributed by atoms with van der Waals surface area (Å²) in [5.41, 5.74) is 1.45. The normalized spacial score (nSPS) is 9.12. The fourth-order valence-corrected chi connectivity index (χ4v) is 2.52. The van der Waals surface area contributed by atoms with E-state index in [0.717, 1.165) is 31.4 Å². The second-order valence-electron chi connectivity index (χ2n) is 5.01. The molecule has 1 amide bonds. The fraction of sp³-hybridized carbons (Fsp3) is 0.619. The van der Waals surface area contributed by atoms with Crippen molar-refractivity contribution in [3.05, 3.63) is 29.8 Å². The standard InChI is InChI=1S/C17H24N2O.2C2H6/c1-4-8-15(9-5-2)19(17(20)6-3)16-11-7-10-14(12-16)13-18;2*1-2/h7,10-12,15H,4-6,8-9H2,1-3H3;2*1-2H3. The average molecular weight is 333 g/mol. The number of hydrogen-bond acceptors (Lipinski definition) is 2. The van der Waals surface area contributed by atoms with Crippen LogP contribution in [0.3, 0.4) is 0 Å². The molecule has 0 aliphatic carbocycles. The Morgan fingerprint density at radius 2 is 1.62 bits per heavy atom. The molecule has 0 aliphatic heterocycles. The zero-order valence-corrected chi connectivity index (χ0v) is 16.7. The molecule has 1 aromatic rings. The van der Waals surface area contributed by atoms with Crippen LogP contribution >= 0.6 is 0 Å². The minimum Gasteiger partial charge on any atom is -0.309 e. The van der Waals surface area contributed by atoms with Crippen LogP contribution in [0.4, 0.5) is 5.69 Å². The predicted octanol–water partition coefficient (Wildman–Crippen LogP) is 6.32. The van der Waals surface area contributed by atoms with E-state index in [1.165, 1.54) is 0 Å². The summed E-state index contributed by atoms with van der Waals surface area (Å²) < 4.78 is 0. The largest absolute Gasteiger partial charge is 0.309 e. The molecular formula is C21H36N2O. The molecule has 3 nitrogen and oxygen atoms in total. The van der Waals surface area contributed by atoms with Crippen molar-refractivity contribution in [2.75, 3.05) is 4.90 Å². The zero-order chi connectivity index (χ0) is 19.0. The van der Waals surface area contributed by atoms with Crippen LogP contribution in [-0.4, -0.2) is 11.9 Å². The lowest BCUT2D eigenvalue weighted by molar-refractivity contribution is -0.118. The van der Waals surface area contributed by atoms with Gasteiger partial charge in [-0.1, -0.05) is 67.4 Å². The van der Waals surface area contributed by atoms with E-state index in [1.807, 2.05) is 57.7 Å². The number of carbonyl (C=O) groups is 1. The second-order valence-corrected chi connectivity index (χ2v) is 5.01. The highest BCUT2D eigenvalue weighted by Gasteiger charge is 2.23. The summed E-state index contributed by atoms with van der Waals surface area (Å²) >= 11 is 0. The van der Waals surface area contributed by atoms with Crippen molar-refractivity contribution >= 4 is 11.6 Å². The van der Waals surface area contributed by atoms with Crippen molar-refractivity contribution in [1.82, 2.24) is 0 Å². The van der Waals surface area contributed by atoms with Crippen LogP contribution in [0, 0.1) is 11.3 Å². The third-order valence-electron chi connectivity index (χ3n) is 3.43. The number of amides is 1. The number of nitrogens with zero attached hydrogens (tertiary/aromatic N) is 2. The van der Waals surface area contributed by atoms with Gasteiger partial charge in [-0.05, 0) is 31.0 Å². The smallest absolute Gasteiger partial charge is 0.226 e. The lowest BCUT2D eigenvalue weighted by Gasteiger charge is -2.32. The van der Waals surface area contributed by atoms with Crippen LogP contribution < -0.4 is 4.90 Å². The molecule has 0 unspecified atom stereocenters. The summed E-state index contributed by atoms with van der Waals surface area (Å²) in [6, 6.07) is 9.72. The second kappa shape index (κ2) is 16.1. The van der Waals surface area contributed by atoms with Gasteiger partial charge in [0.2, 0.25) is 5.91 Å². The van der Waals surface area contributed by atoms with E-state index in [9.17, 15) is 4.79 Å². The highest BCUT2D eigenvalue weighted by atomic mass is 16.2. The number of rotatable bonds is 7. The number of benzene rings is 1. The molecule has 1 aromatic carbocycles. The number of nitriles is 1. The van der Waals surface area contributed by atoms with E-state index < -0.39 is 0 Å². The fourth-order valence-electron chi connectivity index (χ4n) is 2.52. The van der Waals surface area contributed by atoms with Crippen LogP contribution in [0.25, 0.3) is 0 Å². The molecule has 3 heteroatoms. The van der Waals surface area contributed by atoms with E-state index in [4.69, 9.17) is 5.26 Å². The minimum atomic E-state index is 0.131. The van der Waals surface area contributed by atoms with Crippen LogP contribution in [0.1, 0.15) is 86.1 Å². The zero-order valence-electron chi connectivity index (χ0n) is 16.7. The number of hydrogen-bond donors (Lipinski definition) is 0. The van der Waals surface area contributed by atoms with Crippen molar-refractivity contribution in [3.63, 3.8) is 0 Å². The maximum atomic E-state index is 12.3. The minimum absolute atomic E-state index is 0.131. The summed E-state index contributed by atoms with van der Waals surface area (Å²) in [4.78, 5) is 14.2. The van der Waals surface area contributed by atoms with Gasteiger partial charge in [-0.3, -0.25) is 4.79 Å².